The molecule has 0 bridgehead atoms. The van der Waals surface area contributed by atoms with Gasteiger partial charge in [-0.1, -0.05) is 11.6 Å². The van der Waals surface area contributed by atoms with Crippen molar-refractivity contribution in [2.24, 2.45) is 11.7 Å². The average molecular weight is 251 g/mol. The van der Waals surface area contributed by atoms with Crippen LogP contribution in [0.25, 0.3) is 0 Å². The maximum atomic E-state index is 11.1. The fraction of sp³-hybridized carbons (Fsp3) is 0.364. The number of aromatic nitrogens is 1. The van der Waals surface area contributed by atoms with E-state index in [1.807, 2.05) is 11.0 Å². The number of carbonyl (C=O) groups excluding carboxylic acids is 1. The van der Waals surface area contributed by atoms with Gasteiger partial charge in [0.25, 0.3) is 0 Å². The summed E-state index contributed by atoms with van der Waals surface area (Å²) >= 11 is 5.83. The first kappa shape index (κ1) is 11.7. The van der Waals surface area contributed by atoms with Crippen molar-refractivity contribution in [2.75, 3.05) is 18.0 Å². The SMILES string of the molecule is N#Cc1cc(Cl)nc(N2CCC(C(N)=O)C2)c1. The highest BCUT2D eigenvalue weighted by Crippen LogP contribution is 2.24. The number of anilines is 1. The van der Waals surface area contributed by atoms with E-state index in [4.69, 9.17) is 22.6 Å². The van der Waals surface area contributed by atoms with Gasteiger partial charge >= 0.3 is 0 Å². The molecule has 1 aliphatic heterocycles. The number of hydrogen-bond donors (Lipinski definition) is 1. The van der Waals surface area contributed by atoms with Crippen molar-refractivity contribution in [1.29, 1.82) is 5.26 Å². The lowest BCUT2D eigenvalue weighted by Crippen LogP contribution is -2.27. The predicted octanol–water partition coefficient (Wildman–Crippen LogP) is 0.918. The van der Waals surface area contributed by atoms with Gasteiger partial charge in [-0.3, -0.25) is 4.79 Å². The van der Waals surface area contributed by atoms with Crippen LogP contribution in [0.1, 0.15) is 12.0 Å². The molecule has 88 valence electrons. The highest BCUT2D eigenvalue weighted by molar-refractivity contribution is 6.29. The maximum Gasteiger partial charge on any atom is 0.222 e. The van der Waals surface area contributed by atoms with Gasteiger partial charge < -0.3 is 10.6 Å². The lowest BCUT2D eigenvalue weighted by molar-refractivity contribution is -0.121. The number of nitrogens with zero attached hydrogens (tertiary/aromatic N) is 3. The standard InChI is InChI=1S/C11H11ClN4O/c12-9-3-7(5-13)4-10(15-9)16-2-1-8(6-16)11(14)17/h3-4,8H,1-2,6H2,(H2,14,17). The molecule has 5 nitrogen and oxygen atoms in total. The minimum Gasteiger partial charge on any atom is -0.369 e. The van der Waals surface area contributed by atoms with E-state index in [0.29, 0.717) is 30.9 Å². The third kappa shape index (κ3) is 2.48. The van der Waals surface area contributed by atoms with Crippen molar-refractivity contribution in [3.8, 4) is 6.07 Å². The van der Waals surface area contributed by atoms with Gasteiger partial charge in [0.05, 0.1) is 17.6 Å². The second-order valence-corrected chi connectivity index (χ2v) is 4.37. The van der Waals surface area contributed by atoms with Crippen LogP contribution < -0.4 is 10.6 Å². The molecule has 1 atom stereocenters. The summed E-state index contributed by atoms with van der Waals surface area (Å²) in [6, 6.07) is 5.19. The summed E-state index contributed by atoms with van der Waals surface area (Å²) in [6.07, 6.45) is 0.714. The Balaban J connectivity index is 2.22. The van der Waals surface area contributed by atoms with Crippen molar-refractivity contribution in [1.82, 2.24) is 4.98 Å². The molecule has 2 rings (SSSR count). The van der Waals surface area contributed by atoms with Crippen molar-refractivity contribution in [3.63, 3.8) is 0 Å². The Kier molecular flexibility index (Phi) is 3.16. The predicted molar refractivity (Wildman–Crippen MR) is 63.5 cm³/mol. The smallest absolute Gasteiger partial charge is 0.222 e. The molecule has 1 amide bonds. The normalized spacial score (nSPS) is 19.1. The van der Waals surface area contributed by atoms with Crippen molar-refractivity contribution < 1.29 is 4.79 Å². The van der Waals surface area contributed by atoms with Crippen molar-refractivity contribution in [2.45, 2.75) is 6.42 Å². The van der Waals surface area contributed by atoms with Gasteiger partial charge in [0.1, 0.15) is 11.0 Å². The minimum absolute atomic E-state index is 0.152. The van der Waals surface area contributed by atoms with Gasteiger partial charge in [-0.25, -0.2) is 4.98 Å². The number of carbonyl (C=O) groups is 1. The van der Waals surface area contributed by atoms with Crippen LogP contribution >= 0.6 is 11.6 Å². The van der Waals surface area contributed by atoms with Crippen LogP contribution in [-0.2, 0) is 4.79 Å². The number of pyridine rings is 1. The van der Waals surface area contributed by atoms with Gasteiger partial charge in [-0.15, -0.1) is 0 Å². The summed E-state index contributed by atoms with van der Waals surface area (Å²) in [7, 11) is 0. The van der Waals surface area contributed by atoms with Crippen molar-refractivity contribution in [3.05, 3.63) is 22.8 Å². The molecule has 2 N–H and O–H groups in total. The number of hydrogen-bond acceptors (Lipinski definition) is 4. The molecule has 2 heterocycles. The molecule has 1 fully saturated rings. The van der Waals surface area contributed by atoms with E-state index in [2.05, 4.69) is 4.98 Å². The number of halogens is 1. The summed E-state index contributed by atoms with van der Waals surface area (Å²) in [5.41, 5.74) is 5.72. The first-order chi connectivity index (χ1) is 8.10. The molecule has 0 saturated carbocycles. The molecule has 0 radical (unpaired) electrons. The third-order valence-electron chi connectivity index (χ3n) is 2.82. The van der Waals surface area contributed by atoms with E-state index in [1.165, 1.54) is 6.07 Å². The minimum atomic E-state index is -0.296. The van der Waals surface area contributed by atoms with E-state index in [9.17, 15) is 4.79 Å². The second-order valence-electron chi connectivity index (χ2n) is 3.98. The summed E-state index contributed by atoms with van der Waals surface area (Å²) in [5.74, 6) is 0.175. The van der Waals surface area contributed by atoms with Gasteiger partial charge in [-0.05, 0) is 18.6 Å². The highest BCUT2D eigenvalue weighted by Gasteiger charge is 2.27. The fourth-order valence-corrected chi connectivity index (χ4v) is 2.11. The van der Waals surface area contributed by atoms with Gasteiger partial charge in [0, 0.05) is 13.1 Å². The Morgan fingerprint density at radius 3 is 3.00 bits per heavy atom. The molecular formula is C11H11ClN4O. The lowest BCUT2D eigenvalue weighted by Gasteiger charge is -2.17. The largest absolute Gasteiger partial charge is 0.369 e. The molecule has 0 aliphatic carbocycles. The monoisotopic (exact) mass is 250 g/mol. The first-order valence-corrected chi connectivity index (χ1v) is 5.60. The summed E-state index contributed by atoms with van der Waals surface area (Å²) < 4.78 is 0. The van der Waals surface area contributed by atoms with E-state index >= 15 is 0 Å². The average Bonchev–Trinajstić information content (AvgIpc) is 2.77. The van der Waals surface area contributed by atoms with Crippen molar-refractivity contribution >= 4 is 23.3 Å². The number of nitrogens with two attached hydrogens (primary N) is 1. The van der Waals surface area contributed by atoms with Crippen LogP contribution in [0, 0.1) is 17.2 Å². The first-order valence-electron chi connectivity index (χ1n) is 5.22. The van der Waals surface area contributed by atoms with Crippen LogP contribution in [0.5, 0.6) is 0 Å². The summed E-state index contributed by atoms with van der Waals surface area (Å²) in [4.78, 5) is 17.1. The Labute approximate surface area is 104 Å². The van der Waals surface area contributed by atoms with E-state index in [-0.39, 0.29) is 17.0 Å². The molecule has 1 saturated heterocycles. The number of primary amides is 1. The van der Waals surface area contributed by atoms with Crippen LogP contribution in [0.2, 0.25) is 5.15 Å². The Morgan fingerprint density at radius 2 is 2.41 bits per heavy atom. The zero-order valence-electron chi connectivity index (χ0n) is 9.06. The molecular weight excluding hydrogens is 240 g/mol. The molecule has 1 unspecified atom stereocenters. The second kappa shape index (κ2) is 4.60. The molecule has 17 heavy (non-hydrogen) atoms. The lowest BCUT2D eigenvalue weighted by atomic mass is 10.1. The van der Waals surface area contributed by atoms with E-state index in [0.717, 1.165) is 0 Å². The fourth-order valence-electron chi connectivity index (χ4n) is 1.91. The van der Waals surface area contributed by atoms with E-state index in [1.54, 1.807) is 6.07 Å². The summed E-state index contributed by atoms with van der Waals surface area (Å²) in [5, 5.41) is 9.12. The maximum absolute atomic E-state index is 11.1. The molecule has 0 aromatic carbocycles. The Morgan fingerprint density at radius 1 is 1.65 bits per heavy atom. The molecule has 1 aromatic heterocycles. The van der Waals surface area contributed by atoms with Gasteiger partial charge in [0.2, 0.25) is 5.91 Å². The van der Waals surface area contributed by atoms with Crippen LogP contribution in [0.15, 0.2) is 12.1 Å². The Bertz CT molecular complexity index is 497. The zero-order chi connectivity index (χ0) is 12.4. The van der Waals surface area contributed by atoms with Gasteiger partial charge in [0.15, 0.2) is 0 Å². The quantitative estimate of drug-likeness (QED) is 0.791. The third-order valence-corrected chi connectivity index (χ3v) is 3.02. The zero-order valence-corrected chi connectivity index (χ0v) is 9.81. The van der Waals surface area contributed by atoms with Crippen LogP contribution in [-0.4, -0.2) is 24.0 Å². The molecule has 1 aliphatic rings. The van der Waals surface area contributed by atoms with E-state index < -0.39 is 0 Å². The van der Waals surface area contributed by atoms with Gasteiger partial charge in [-0.2, -0.15) is 5.26 Å². The molecule has 1 aromatic rings. The highest BCUT2D eigenvalue weighted by atomic mass is 35.5. The number of nitriles is 1. The molecule has 6 heteroatoms. The molecule has 0 spiro atoms. The van der Waals surface area contributed by atoms with Crippen LogP contribution in [0.3, 0.4) is 0 Å². The Hall–Kier alpha value is -1.80. The van der Waals surface area contributed by atoms with Crippen LogP contribution in [0.4, 0.5) is 5.82 Å². The number of rotatable bonds is 2. The summed E-state index contributed by atoms with van der Waals surface area (Å²) in [6.45, 7) is 1.24. The topological polar surface area (TPSA) is 83.0 Å². The number of amides is 1.